The summed E-state index contributed by atoms with van der Waals surface area (Å²) in [5.74, 6) is 0.310. The van der Waals surface area contributed by atoms with Gasteiger partial charge in [-0.1, -0.05) is 13.8 Å². The molecule has 1 N–H and O–H groups in total. The Kier molecular flexibility index (Phi) is 5.37. The van der Waals surface area contributed by atoms with Gasteiger partial charge in [0.15, 0.2) is 0 Å². The van der Waals surface area contributed by atoms with E-state index in [1.54, 1.807) is 4.90 Å². The van der Waals surface area contributed by atoms with Crippen molar-refractivity contribution in [3.8, 4) is 0 Å². The second kappa shape index (κ2) is 7.04. The van der Waals surface area contributed by atoms with Gasteiger partial charge < -0.3 is 19.7 Å². The van der Waals surface area contributed by atoms with Crippen molar-refractivity contribution in [2.45, 2.75) is 38.8 Å². The van der Waals surface area contributed by atoms with E-state index in [2.05, 4.69) is 5.32 Å². The molecule has 20 heavy (non-hydrogen) atoms. The van der Waals surface area contributed by atoms with Crippen LogP contribution in [0.2, 0.25) is 0 Å². The molecule has 0 bridgehead atoms. The quantitative estimate of drug-likeness (QED) is 0.799. The summed E-state index contributed by atoms with van der Waals surface area (Å²) in [4.78, 5) is 26.0. The average molecular weight is 284 g/mol. The summed E-state index contributed by atoms with van der Waals surface area (Å²) in [6.45, 7) is 6.75. The number of nitrogens with zero attached hydrogens (tertiary/aromatic N) is 1. The highest BCUT2D eigenvalue weighted by atomic mass is 16.6. The van der Waals surface area contributed by atoms with Crippen LogP contribution in [0.3, 0.4) is 0 Å². The molecule has 114 valence electrons. The Labute approximate surface area is 119 Å². The molecule has 2 amide bonds. The Morgan fingerprint density at radius 3 is 2.80 bits per heavy atom. The number of nitrogens with one attached hydrogen (secondary N) is 1. The van der Waals surface area contributed by atoms with E-state index >= 15 is 0 Å². The lowest BCUT2D eigenvalue weighted by Crippen LogP contribution is -2.49. The lowest BCUT2D eigenvalue weighted by atomic mass is 10.0. The lowest BCUT2D eigenvalue weighted by molar-refractivity contribution is -0.140. The Hall–Kier alpha value is -1.14. The highest BCUT2D eigenvalue weighted by Gasteiger charge is 2.32. The lowest BCUT2D eigenvalue weighted by Gasteiger charge is -2.30. The Balaban J connectivity index is 1.98. The predicted molar refractivity (Wildman–Crippen MR) is 73.1 cm³/mol. The van der Waals surface area contributed by atoms with Crippen molar-refractivity contribution in [1.29, 1.82) is 0 Å². The van der Waals surface area contributed by atoms with Crippen molar-refractivity contribution in [1.82, 2.24) is 10.2 Å². The second-order valence-electron chi connectivity index (χ2n) is 5.85. The van der Waals surface area contributed by atoms with Crippen molar-refractivity contribution in [2.75, 3.05) is 32.9 Å². The number of hydrogen-bond donors (Lipinski definition) is 1. The van der Waals surface area contributed by atoms with E-state index < -0.39 is 6.04 Å². The molecule has 0 aromatic carbocycles. The molecule has 6 nitrogen and oxygen atoms in total. The Morgan fingerprint density at radius 1 is 1.35 bits per heavy atom. The molecule has 0 aromatic heterocycles. The minimum absolute atomic E-state index is 0.00118. The standard InChI is InChI=1S/C14H24N2O4/c1-10(2)7-12-14(18)16(4-3-13(17)15-12)8-11-9-19-5-6-20-11/h10-12H,3-9H2,1-2H3,(H,15,17). The molecular weight excluding hydrogens is 260 g/mol. The van der Waals surface area contributed by atoms with Gasteiger partial charge in [-0.2, -0.15) is 0 Å². The summed E-state index contributed by atoms with van der Waals surface area (Å²) in [6.07, 6.45) is 0.942. The van der Waals surface area contributed by atoms with E-state index in [-0.39, 0.29) is 17.9 Å². The third kappa shape index (κ3) is 4.18. The minimum atomic E-state index is -0.408. The van der Waals surface area contributed by atoms with Gasteiger partial charge in [-0.05, 0) is 12.3 Å². The maximum atomic E-state index is 12.5. The van der Waals surface area contributed by atoms with Crippen molar-refractivity contribution in [2.24, 2.45) is 5.92 Å². The van der Waals surface area contributed by atoms with E-state index in [0.29, 0.717) is 51.7 Å². The zero-order valence-corrected chi connectivity index (χ0v) is 12.3. The van der Waals surface area contributed by atoms with Gasteiger partial charge in [-0.25, -0.2) is 0 Å². The van der Waals surface area contributed by atoms with Gasteiger partial charge in [0.05, 0.1) is 25.9 Å². The van der Waals surface area contributed by atoms with Crippen LogP contribution >= 0.6 is 0 Å². The third-order valence-electron chi connectivity index (χ3n) is 3.57. The first kappa shape index (κ1) is 15.3. The number of ether oxygens (including phenoxy) is 2. The van der Waals surface area contributed by atoms with E-state index in [1.165, 1.54) is 0 Å². The maximum Gasteiger partial charge on any atom is 0.245 e. The molecule has 2 aliphatic heterocycles. The molecule has 0 aliphatic carbocycles. The summed E-state index contributed by atoms with van der Waals surface area (Å²) in [7, 11) is 0. The van der Waals surface area contributed by atoms with Crippen LogP contribution in [0.15, 0.2) is 0 Å². The number of carbonyl (C=O) groups is 2. The van der Waals surface area contributed by atoms with Crippen LogP contribution in [-0.4, -0.2) is 61.8 Å². The van der Waals surface area contributed by atoms with E-state index in [4.69, 9.17) is 9.47 Å². The molecule has 6 heteroatoms. The van der Waals surface area contributed by atoms with Gasteiger partial charge in [0, 0.05) is 19.5 Å². The smallest absolute Gasteiger partial charge is 0.245 e. The molecule has 0 spiro atoms. The van der Waals surface area contributed by atoms with Crippen molar-refractivity contribution >= 4 is 11.8 Å². The molecule has 2 heterocycles. The molecule has 0 radical (unpaired) electrons. The first-order valence-corrected chi connectivity index (χ1v) is 7.33. The summed E-state index contributed by atoms with van der Waals surface area (Å²) >= 11 is 0. The molecule has 2 saturated heterocycles. The van der Waals surface area contributed by atoms with Crippen LogP contribution in [-0.2, 0) is 19.1 Å². The molecular formula is C14H24N2O4. The molecule has 2 atom stereocenters. The fourth-order valence-corrected chi connectivity index (χ4v) is 2.60. The summed E-state index contributed by atoms with van der Waals surface area (Å²) in [5.41, 5.74) is 0. The topological polar surface area (TPSA) is 67.9 Å². The van der Waals surface area contributed by atoms with E-state index in [1.807, 2.05) is 13.8 Å². The number of rotatable bonds is 4. The van der Waals surface area contributed by atoms with E-state index in [0.717, 1.165) is 0 Å². The van der Waals surface area contributed by atoms with Crippen LogP contribution in [0.25, 0.3) is 0 Å². The Morgan fingerprint density at radius 2 is 2.15 bits per heavy atom. The molecule has 2 unspecified atom stereocenters. The zero-order chi connectivity index (χ0) is 14.5. The predicted octanol–water partition coefficient (Wildman–Crippen LogP) is 0.165. The highest BCUT2D eigenvalue weighted by molar-refractivity contribution is 5.89. The summed E-state index contributed by atoms with van der Waals surface area (Å²) in [5, 5.41) is 2.82. The van der Waals surface area contributed by atoms with Gasteiger partial charge in [0.25, 0.3) is 0 Å². The van der Waals surface area contributed by atoms with Gasteiger partial charge in [0.1, 0.15) is 6.04 Å². The SMILES string of the molecule is CC(C)CC1NC(=O)CCN(CC2COCCO2)C1=O. The first-order valence-electron chi connectivity index (χ1n) is 7.33. The zero-order valence-electron chi connectivity index (χ0n) is 12.3. The highest BCUT2D eigenvalue weighted by Crippen LogP contribution is 2.13. The maximum absolute atomic E-state index is 12.5. The summed E-state index contributed by atoms with van der Waals surface area (Å²) in [6, 6.07) is -0.408. The normalized spacial score (nSPS) is 28.4. The molecule has 2 rings (SSSR count). The largest absolute Gasteiger partial charge is 0.376 e. The van der Waals surface area contributed by atoms with Crippen LogP contribution in [0.4, 0.5) is 0 Å². The van der Waals surface area contributed by atoms with Gasteiger partial charge in [-0.3, -0.25) is 9.59 Å². The minimum Gasteiger partial charge on any atom is -0.376 e. The first-order chi connectivity index (χ1) is 9.56. The third-order valence-corrected chi connectivity index (χ3v) is 3.57. The Bertz CT molecular complexity index is 353. The van der Waals surface area contributed by atoms with Gasteiger partial charge in [0.2, 0.25) is 11.8 Å². The fraction of sp³-hybridized carbons (Fsp3) is 0.857. The molecule has 2 fully saturated rings. The average Bonchev–Trinajstić information content (AvgIpc) is 2.53. The monoisotopic (exact) mass is 284 g/mol. The van der Waals surface area contributed by atoms with Crippen LogP contribution in [0, 0.1) is 5.92 Å². The number of hydrogen-bond acceptors (Lipinski definition) is 4. The van der Waals surface area contributed by atoms with Gasteiger partial charge >= 0.3 is 0 Å². The second-order valence-corrected chi connectivity index (χ2v) is 5.85. The van der Waals surface area contributed by atoms with Crippen LogP contribution < -0.4 is 5.32 Å². The van der Waals surface area contributed by atoms with Crippen LogP contribution in [0.5, 0.6) is 0 Å². The molecule has 0 aromatic rings. The van der Waals surface area contributed by atoms with E-state index in [9.17, 15) is 9.59 Å². The molecule has 0 saturated carbocycles. The van der Waals surface area contributed by atoms with Crippen LogP contribution in [0.1, 0.15) is 26.7 Å². The van der Waals surface area contributed by atoms with Gasteiger partial charge in [-0.15, -0.1) is 0 Å². The summed E-state index contributed by atoms with van der Waals surface area (Å²) < 4.78 is 10.9. The molecule has 2 aliphatic rings. The fourth-order valence-electron chi connectivity index (χ4n) is 2.60. The number of carbonyl (C=O) groups excluding carboxylic acids is 2. The van der Waals surface area contributed by atoms with Crippen molar-refractivity contribution in [3.63, 3.8) is 0 Å². The van der Waals surface area contributed by atoms with Crippen molar-refractivity contribution in [3.05, 3.63) is 0 Å². The van der Waals surface area contributed by atoms with Crippen molar-refractivity contribution < 1.29 is 19.1 Å². The number of amides is 2.